The van der Waals surface area contributed by atoms with Gasteiger partial charge in [0, 0.05) is 4.88 Å². The number of fused-ring (bicyclic) bond motifs is 1. The number of amides is 1. The third-order valence-corrected chi connectivity index (χ3v) is 6.39. The third kappa shape index (κ3) is 3.89. The van der Waals surface area contributed by atoms with Gasteiger partial charge in [0.1, 0.15) is 0 Å². The van der Waals surface area contributed by atoms with E-state index in [4.69, 9.17) is 5.11 Å². The van der Waals surface area contributed by atoms with Crippen molar-refractivity contribution in [1.29, 1.82) is 0 Å². The molecule has 9 heteroatoms. The van der Waals surface area contributed by atoms with E-state index in [9.17, 15) is 18.0 Å². The van der Waals surface area contributed by atoms with E-state index in [1.165, 1.54) is 34.4 Å². The molecule has 0 atom stereocenters. The molecule has 0 bridgehead atoms. The molecule has 3 N–H and O–H groups in total. The number of rotatable bonds is 5. The van der Waals surface area contributed by atoms with Crippen molar-refractivity contribution in [2.24, 2.45) is 0 Å². The molecule has 3 rings (SSSR count). The van der Waals surface area contributed by atoms with Crippen LogP contribution >= 0.6 is 11.3 Å². The lowest BCUT2D eigenvalue weighted by molar-refractivity contribution is 0.0696. The predicted octanol–water partition coefficient (Wildman–Crippen LogP) is 1.95. The van der Waals surface area contributed by atoms with Crippen LogP contribution in [0.15, 0.2) is 35.2 Å². The first-order valence-corrected chi connectivity index (χ1v) is 9.94. The van der Waals surface area contributed by atoms with E-state index in [-0.39, 0.29) is 10.5 Å². The maximum absolute atomic E-state index is 12.2. The minimum absolute atomic E-state index is 0.153. The first kappa shape index (κ1) is 17.6. The fourth-order valence-electron chi connectivity index (χ4n) is 2.63. The molecule has 0 aliphatic heterocycles. The zero-order valence-electron chi connectivity index (χ0n) is 13.1. The Morgan fingerprint density at radius 2 is 1.88 bits per heavy atom. The predicted molar refractivity (Wildman–Crippen MR) is 92.2 cm³/mol. The van der Waals surface area contributed by atoms with Crippen LogP contribution in [0, 0.1) is 0 Å². The number of carbonyl (C=O) groups excluding carboxylic acids is 1. The standard InChI is InChI=1S/C16H16N2O5S2/c19-15(14-9-10-4-1-2-7-13(10)24-14)17-18-25(22,23)12-6-3-5-11(8-12)16(20)21/h3,5-6,8-9,18H,1-2,4,7H2,(H,17,19)(H,20,21). The Morgan fingerprint density at radius 1 is 1.12 bits per heavy atom. The van der Waals surface area contributed by atoms with E-state index in [1.807, 2.05) is 4.83 Å². The van der Waals surface area contributed by atoms with Crippen molar-refractivity contribution in [3.8, 4) is 0 Å². The van der Waals surface area contributed by atoms with Gasteiger partial charge in [-0.15, -0.1) is 16.2 Å². The molecule has 132 valence electrons. The molecule has 1 heterocycles. The molecule has 1 aromatic heterocycles. The first-order valence-electron chi connectivity index (χ1n) is 7.64. The van der Waals surface area contributed by atoms with Crippen LogP contribution in [-0.4, -0.2) is 25.4 Å². The normalized spacial score (nSPS) is 13.9. The molecule has 0 radical (unpaired) electrons. The van der Waals surface area contributed by atoms with Gasteiger partial charge in [0.05, 0.1) is 15.3 Å². The Hall–Kier alpha value is -2.23. The number of carbonyl (C=O) groups is 2. The number of hydrogen-bond donors (Lipinski definition) is 3. The fourth-order valence-corrected chi connectivity index (χ4v) is 4.67. The van der Waals surface area contributed by atoms with E-state index in [0.717, 1.165) is 37.3 Å². The summed E-state index contributed by atoms with van der Waals surface area (Å²) in [6.45, 7) is 0. The molecule has 0 unspecified atom stereocenters. The smallest absolute Gasteiger partial charge is 0.335 e. The van der Waals surface area contributed by atoms with Crippen LogP contribution in [0.25, 0.3) is 0 Å². The Bertz CT molecular complexity index is 910. The number of benzene rings is 1. The lowest BCUT2D eigenvalue weighted by Crippen LogP contribution is -2.41. The molecule has 25 heavy (non-hydrogen) atoms. The molecular weight excluding hydrogens is 364 g/mol. The number of aromatic carboxylic acids is 1. The van der Waals surface area contributed by atoms with Crippen LogP contribution < -0.4 is 10.3 Å². The molecule has 0 spiro atoms. The summed E-state index contributed by atoms with van der Waals surface area (Å²) in [6.07, 6.45) is 4.08. The van der Waals surface area contributed by atoms with Gasteiger partial charge in [-0.3, -0.25) is 10.2 Å². The van der Waals surface area contributed by atoms with Crippen LogP contribution in [0.1, 0.15) is 43.3 Å². The average molecular weight is 380 g/mol. The second-order valence-corrected chi connectivity index (χ2v) is 8.48. The van der Waals surface area contributed by atoms with Gasteiger partial charge in [0.25, 0.3) is 15.9 Å². The average Bonchev–Trinajstić information content (AvgIpc) is 3.04. The van der Waals surface area contributed by atoms with Crippen LogP contribution in [0.5, 0.6) is 0 Å². The van der Waals surface area contributed by atoms with Crippen molar-refractivity contribution in [1.82, 2.24) is 10.3 Å². The SMILES string of the molecule is O=C(O)c1cccc(S(=O)(=O)NNC(=O)c2cc3c(s2)CCCC3)c1. The molecular formula is C16H16N2O5S2. The van der Waals surface area contributed by atoms with E-state index in [2.05, 4.69) is 5.43 Å². The Morgan fingerprint density at radius 3 is 2.60 bits per heavy atom. The highest BCUT2D eigenvalue weighted by atomic mass is 32.2. The Labute approximate surface area is 148 Å². The van der Waals surface area contributed by atoms with E-state index in [0.29, 0.717) is 4.88 Å². The van der Waals surface area contributed by atoms with Crippen molar-refractivity contribution in [3.63, 3.8) is 0 Å². The summed E-state index contributed by atoms with van der Waals surface area (Å²) in [5.41, 5.74) is 3.18. The van der Waals surface area contributed by atoms with E-state index < -0.39 is 21.9 Å². The van der Waals surface area contributed by atoms with Gasteiger partial charge in [-0.1, -0.05) is 6.07 Å². The van der Waals surface area contributed by atoms with Crippen LogP contribution in [0.3, 0.4) is 0 Å². The molecule has 0 fully saturated rings. The number of carboxylic acids is 1. The molecule has 0 saturated carbocycles. The van der Waals surface area contributed by atoms with Gasteiger partial charge in [-0.25, -0.2) is 13.2 Å². The molecule has 7 nitrogen and oxygen atoms in total. The number of carboxylic acid groups (broad SMARTS) is 1. The number of hydrogen-bond acceptors (Lipinski definition) is 5. The van der Waals surface area contributed by atoms with Gasteiger partial charge < -0.3 is 5.11 Å². The first-order chi connectivity index (χ1) is 11.9. The zero-order chi connectivity index (χ0) is 18.0. The number of aryl methyl sites for hydroxylation is 2. The van der Waals surface area contributed by atoms with Gasteiger partial charge >= 0.3 is 5.97 Å². The minimum Gasteiger partial charge on any atom is -0.478 e. The van der Waals surface area contributed by atoms with E-state index >= 15 is 0 Å². The highest BCUT2D eigenvalue weighted by Gasteiger charge is 2.20. The maximum Gasteiger partial charge on any atom is 0.335 e. The van der Waals surface area contributed by atoms with Crippen LogP contribution in [0.4, 0.5) is 0 Å². The topological polar surface area (TPSA) is 113 Å². The number of hydrazine groups is 1. The summed E-state index contributed by atoms with van der Waals surface area (Å²) in [7, 11) is -4.06. The van der Waals surface area contributed by atoms with Crippen molar-refractivity contribution >= 4 is 33.2 Å². The highest BCUT2D eigenvalue weighted by molar-refractivity contribution is 7.89. The molecule has 0 saturated heterocycles. The zero-order valence-corrected chi connectivity index (χ0v) is 14.7. The fraction of sp³-hybridized carbons (Fsp3) is 0.250. The monoisotopic (exact) mass is 380 g/mol. The Balaban J connectivity index is 1.71. The van der Waals surface area contributed by atoms with Crippen LogP contribution in [-0.2, 0) is 22.9 Å². The molecule has 1 amide bonds. The minimum atomic E-state index is -4.06. The van der Waals surface area contributed by atoms with Gasteiger partial charge in [-0.05, 0) is 55.5 Å². The molecule has 1 aliphatic carbocycles. The lowest BCUT2D eigenvalue weighted by atomic mass is 9.99. The summed E-state index contributed by atoms with van der Waals surface area (Å²) < 4.78 is 24.4. The summed E-state index contributed by atoms with van der Waals surface area (Å²) in [4.78, 5) is 26.5. The van der Waals surface area contributed by atoms with Gasteiger partial charge in [0.15, 0.2) is 0 Å². The number of thiophene rings is 1. The molecule has 2 aromatic rings. The van der Waals surface area contributed by atoms with Crippen LogP contribution in [0.2, 0.25) is 0 Å². The second-order valence-electron chi connectivity index (χ2n) is 5.66. The molecule has 1 aliphatic rings. The van der Waals surface area contributed by atoms with Gasteiger partial charge in [0.2, 0.25) is 0 Å². The third-order valence-electron chi connectivity index (χ3n) is 3.91. The summed E-state index contributed by atoms with van der Waals surface area (Å²) in [6, 6.07) is 6.70. The summed E-state index contributed by atoms with van der Waals surface area (Å²) in [5.74, 6) is -1.76. The molecule has 1 aromatic carbocycles. The maximum atomic E-state index is 12.2. The largest absolute Gasteiger partial charge is 0.478 e. The van der Waals surface area contributed by atoms with Crippen molar-refractivity contribution in [2.75, 3.05) is 0 Å². The summed E-state index contributed by atoms with van der Waals surface area (Å²) in [5, 5.41) is 8.94. The number of sulfonamides is 1. The number of nitrogens with one attached hydrogen (secondary N) is 2. The van der Waals surface area contributed by atoms with Crippen molar-refractivity contribution in [2.45, 2.75) is 30.6 Å². The van der Waals surface area contributed by atoms with Gasteiger partial charge in [-0.2, -0.15) is 0 Å². The summed E-state index contributed by atoms with van der Waals surface area (Å²) >= 11 is 1.37. The lowest BCUT2D eigenvalue weighted by Gasteiger charge is -2.08. The highest BCUT2D eigenvalue weighted by Crippen LogP contribution is 2.29. The second kappa shape index (κ2) is 6.95. The van der Waals surface area contributed by atoms with E-state index in [1.54, 1.807) is 6.07 Å². The van der Waals surface area contributed by atoms with Crippen molar-refractivity contribution < 1.29 is 23.1 Å². The van der Waals surface area contributed by atoms with Crippen molar-refractivity contribution in [3.05, 3.63) is 51.2 Å². The Kier molecular flexibility index (Phi) is 4.89. The quantitative estimate of drug-likeness (QED) is 0.686.